The fourth-order valence-electron chi connectivity index (χ4n) is 6.19. The number of carbonyl (C=O) groups is 3. The number of benzene rings is 2. The van der Waals surface area contributed by atoms with E-state index in [9.17, 15) is 19.5 Å². The minimum atomic E-state index is -1.99. The number of nitrogens with one attached hydrogen (secondary N) is 1. The molecule has 0 radical (unpaired) electrons. The van der Waals surface area contributed by atoms with Crippen LogP contribution in [0.2, 0.25) is 5.02 Å². The van der Waals surface area contributed by atoms with Crippen LogP contribution in [0.5, 0.6) is 28.7 Å². The second kappa shape index (κ2) is 12.0. The van der Waals surface area contributed by atoms with Crippen LogP contribution in [0.3, 0.4) is 0 Å². The second-order valence-electron chi connectivity index (χ2n) is 11.0. The van der Waals surface area contributed by atoms with Crippen molar-refractivity contribution < 1.29 is 43.2 Å². The molecule has 1 aromatic heterocycles. The lowest BCUT2D eigenvalue weighted by molar-refractivity contribution is -0.121. The average molecular weight is 635 g/mol. The minimum Gasteiger partial charge on any atom is -0.507 e. The summed E-state index contributed by atoms with van der Waals surface area (Å²) in [4.78, 5) is 45.7. The Balaban J connectivity index is 1.41. The maximum atomic E-state index is 14.3. The number of fused-ring (bicyclic) bond motifs is 2. The summed E-state index contributed by atoms with van der Waals surface area (Å²) < 4.78 is 28.1. The van der Waals surface area contributed by atoms with Crippen molar-refractivity contribution in [2.24, 2.45) is 5.92 Å². The van der Waals surface area contributed by atoms with Crippen molar-refractivity contribution in [2.75, 3.05) is 27.6 Å². The number of amides is 1. The number of methoxy groups -OCH3 is 2. The van der Waals surface area contributed by atoms with Crippen LogP contribution in [0, 0.1) is 5.92 Å². The molecule has 0 saturated carbocycles. The summed E-state index contributed by atoms with van der Waals surface area (Å²) in [6.45, 7) is 1.98. The Morgan fingerprint density at radius 3 is 2.64 bits per heavy atom. The number of halogens is 1. The predicted octanol–water partition coefficient (Wildman–Crippen LogP) is 4.75. The fourth-order valence-corrected chi connectivity index (χ4v) is 6.45. The first-order chi connectivity index (χ1) is 21.7. The Labute approximate surface area is 264 Å². The molecule has 3 heterocycles. The van der Waals surface area contributed by atoms with Gasteiger partial charge in [0.05, 0.1) is 14.2 Å². The van der Waals surface area contributed by atoms with Gasteiger partial charge < -0.3 is 34.1 Å². The van der Waals surface area contributed by atoms with E-state index < -0.39 is 34.8 Å². The van der Waals surface area contributed by atoms with Gasteiger partial charge in [-0.05, 0) is 29.8 Å². The van der Waals surface area contributed by atoms with Gasteiger partial charge in [0, 0.05) is 61.2 Å². The summed E-state index contributed by atoms with van der Waals surface area (Å²) >= 11 is 6.58. The molecule has 234 valence electrons. The van der Waals surface area contributed by atoms with Crippen molar-refractivity contribution >= 4 is 29.1 Å². The van der Waals surface area contributed by atoms with E-state index in [1.54, 1.807) is 31.3 Å². The highest BCUT2D eigenvalue weighted by atomic mass is 35.5. The van der Waals surface area contributed by atoms with Crippen molar-refractivity contribution in [3.63, 3.8) is 0 Å². The van der Waals surface area contributed by atoms with Crippen LogP contribution in [-0.4, -0.2) is 60.7 Å². The SMILES string of the molecule is COc1cc(OC)c2c(c1Cl)O[C@]1(C2=O)C(O)=C(C(CC(=O)NCCc2ccccn2)c2ccc3c(c2)OCO3)C(=O)C[C@H]1C. The molecule has 1 amide bonds. The largest absolute Gasteiger partial charge is 0.507 e. The number of hydrogen-bond acceptors (Lipinski definition) is 10. The van der Waals surface area contributed by atoms with E-state index in [-0.39, 0.29) is 58.9 Å². The summed E-state index contributed by atoms with van der Waals surface area (Å²) in [7, 11) is 2.80. The summed E-state index contributed by atoms with van der Waals surface area (Å²) in [5.41, 5.74) is -0.735. The molecule has 3 aliphatic rings. The van der Waals surface area contributed by atoms with Gasteiger partial charge in [-0.15, -0.1) is 0 Å². The molecule has 3 atom stereocenters. The maximum Gasteiger partial charge on any atom is 0.231 e. The first-order valence-corrected chi connectivity index (χ1v) is 14.8. The van der Waals surface area contributed by atoms with Crippen LogP contribution in [0.1, 0.15) is 47.3 Å². The molecule has 12 heteroatoms. The Hall–Kier alpha value is -4.77. The first-order valence-electron chi connectivity index (χ1n) is 14.4. The Morgan fingerprint density at radius 2 is 1.91 bits per heavy atom. The number of nitrogens with zero attached hydrogens (tertiary/aromatic N) is 1. The zero-order chi connectivity index (χ0) is 31.9. The van der Waals surface area contributed by atoms with Gasteiger partial charge >= 0.3 is 0 Å². The number of allylic oxidation sites excluding steroid dienone is 1. The number of aromatic nitrogens is 1. The highest BCUT2D eigenvalue weighted by molar-refractivity contribution is 6.35. The molecule has 2 aromatic carbocycles. The molecule has 0 bridgehead atoms. The van der Waals surface area contributed by atoms with Gasteiger partial charge in [0.15, 0.2) is 28.8 Å². The quantitative estimate of drug-likeness (QED) is 0.339. The van der Waals surface area contributed by atoms with E-state index in [2.05, 4.69) is 10.3 Å². The average Bonchev–Trinajstić information content (AvgIpc) is 3.63. The molecule has 1 spiro atoms. The highest BCUT2D eigenvalue weighted by Gasteiger charge is 2.61. The van der Waals surface area contributed by atoms with Gasteiger partial charge in [-0.3, -0.25) is 19.4 Å². The number of Topliss-reactive ketones (excluding diaryl/α,β-unsaturated/α-hetero) is 2. The number of ketones is 2. The lowest BCUT2D eigenvalue weighted by atomic mass is 9.69. The number of ether oxygens (including phenoxy) is 5. The van der Waals surface area contributed by atoms with E-state index in [1.807, 2.05) is 18.2 Å². The van der Waals surface area contributed by atoms with Crippen molar-refractivity contribution in [3.05, 3.63) is 81.8 Å². The number of rotatable bonds is 9. The molecule has 3 aromatic rings. The topological polar surface area (TPSA) is 143 Å². The normalized spacial score (nSPS) is 20.6. The van der Waals surface area contributed by atoms with Crippen molar-refractivity contribution in [2.45, 2.75) is 37.7 Å². The lowest BCUT2D eigenvalue weighted by Gasteiger charge is -2.38. The summed E-state index contributed by atoms with van der Waals surface area (Å²) in [5, 5.41) is 15.0. The van der Waals surface area contributed by atoms with E-state index in [0.29, 0.717) is 30.0 Å². The number of pyridine rings is 1. The Bertz CT molecular complexity index is 1720. The van der Waals surface area contributed by atoms with Crippen LogP contribution in [0.15, 0.2) is 60.0 Å². The number of aliphatic hydroxyl groups excluding tert-OH is 1. The first kappa shape index (κ1) is 30.3. The minimum absolute atomic E-state index is 0.0168. The molecular weight excluding hydrogens is 604 g/mol. The van der Waals surface area contributed by atoms with Gasteiger partial charge in [0.25, 0.3) is 0 Å². The van der Waals surface area contributed by atoms with Crippen LogP contribution in [-0.2, 0) is 16.0 Å². The zero-order valence-corrected chi connectivity index (χ0v) is 25.6. The third kappa shape index (κ3) is 5.10. The molecule has 2 N–H and O–H groups in total. The summed E-state index contributed by atoms with van der Waals surface area (Å²) in [6, 6.07) is 12.1. The van der Waals surface area contributed by atoms with E-state index >= 15 is 0 Å². The van der Waals surface area contributed by atoms with E-state index in [4.69, 9.17) is 35.3 Å². The lowest BCUT2D eigenvalue weighted by Crippen LogP contribution is -2.53. The van der Waals surface area contributed by atoms with Gasteiger partial charge in [-0.25, -0.2) is 0 Å². The molecule has 1 unspecified atom stereocenters. The number of carbonyl (C=O) groups excluding carboxylic acids is 3. The van der Waals surface area contributed by atoms with Crippen molar-refractivity contribution in [1.82, 2.24) is 10.3 Å². The third-order valence-corrected chi connectivity index (χ3v) is 8.84. The van der Waals surface area contributed by atoms with Crippen LogP contribution in [0.25, 0.3) is 0 Å². The molecule has 1 aliphatic carbocycles. The summed E-state index contributed by atoms with van der Waals surface area (Å²) in [5.74, 6) is -2.44. The molecule has 2 aliphatic heterocycles. The standard InChI is InChI=1S/C33H31ClN2O9/c1-17-12-21(37)27(31(39)33(17)32(40)28-24(41-2)15-25(42-3)29(34)30(28)45-33)20(18-7-8-22-23(13-18)44-16-43-22)14-26(38)36-11-9-19-6-4-5-10-35-19/h4-8,10,13,15,17,20,39H,9,11-12,14,16H2,1-3H3,(H,36,38)/t17-,20?,33+/m1/s1. The highest BCUT2D eigenvalue weighted by Crippen LogP contribution is 2.56. The monoisotopic (exact) mass is 634 g/mol. The molecule has 11 nitrogen and oxygen atoms in total. The second-order valence-corrected chi connectivity index (χ2v) is 11.4. The molecule has 0 saturated heterocycles. The zero-order valence-electron chi connectivity index (χ0n) is 24.8. The summed E-state index contributed by atoms with van der Waals surface area (Å²) in [6.07, 6.45) is 1.83. The molecule has 0 fully saturated rings. The predicted molar refractivity (Wildman–Crippen MR) is 162 cm³/mol. The maximum absolute atomic E-state index is 14.3. The van der Waals surface area contributed by atoms with Crippen LogP contribution >= 0.6 is 11.6 Å². The van der Waals surface area contributed by atoms with Crippen LogP contribution in [0.4, 0.5) is 0 Å². The van der Waals surface area contributed by atoms with Gasteiger partial charge in [0.2, 0.25) is 24.1 Å². The number of aliphatic hydroxyl groups is 1. The van der Waals surface area contributed by atoms with Gasteiger partial charge in [-0.2, -0.15) is 0 Å². The molecular formula is C33H31ClN2O9. The Morgan fingerprint density at radius 1 is 1.13 bits per heavy atom. The Kier molecular flexibility index (Phi) is 8.05. The van der Waals surface area contributed by atoms with Gasteiger partial charge in [-0.1, -0.05) is 30.7 Å². The van der Waals surface area contributed by atoms with Crippen LogP contribution < -0.4 is 29.0 Å². The van der Waals surface area contributed by atoms with Crippen molar-refractivity contribution in [3.8, 4) is 28.7 Å². The van der Waals surface area contributed by atoms with Gasteiger partial charge in [0.1, 0.15) is 22.1 Å². The van der Waals surface area contributed by atoms with Crippen molar-refractivity contribution in [1.29, 1.82) is 0 Å². The van der Waals surface area contributed by atoms with E-state index in [0.717, 1.165) is 5.69 Å². The fraction of sp³-hybridized carbons (Fsp3) is 0.333. The molecule has 45 heavy (non-hydrogen) atoms. The number of hydrogen-bond donors (Lipinski definition) is 2. The third-order valence-electron chi connectivity index (χ3n) is 8.48. The molecule has 6 rings (SSSR count). The van der Waals surface area contributed by atoms with E-state index in [1.165, 1.54) is 20.3 Å². The smallest absolute Gasteiger partial charge is 0.231 e.